The summed E-state index contributed by atoms with van der Waals surface area (Å²) in [5.74, 6) is -1.97. The minimum atomic E-state index is -1.17. The van der Waals surface area contributed by atoms with E-state index in [1.807, 2.05) is 11.8 Å². The van der Waals surface area contributed by atoms with Crippen molar-refractivity contribution < 1.29 is 18.3 Å². The van der Waals surface area contributed by atoms with Crippen molar-refractivity contribution in [2.45, 2.75) is 24.5 Å². The van der Waals surface area contributed by atoms with Crippen molar-refractivity contribution >= 4 is 23.4 Å². The van der Waals surface area contributed by atoms with Gasteiger partial charge in [0.05, 0.1) is 18.4 Å². The minimum Gasteiger partial charge on any atom is -0.465 e. The van der Waals surface area contributed by atoms with Gasteiger partial charge in [0.25, 0.3) is 0 Å². The number of hydrogen-bond donors (Lipinski definition) is 1. The monoisotopic (exact) mass is 301 g/mol. The highest BCUT2D eigenvalue weighted by molar-refractivity contribution is 7.99. The van der Waals surface area contributed by atoms with E-state index in [-0.39, 0.29) is 11.3 Å². The van der Waals surface area contributed by atoms with E-state index >= 15 is 0 Å². The summed E-state index contributed by atoms with van der Waals surface area (Å²) >= 11 is 1.85. The third-order valence-electron chi connectivity index (χ3n) is 3.28. The number of esters is 1. The molecule has 3 nitrogen and oxygen atoms in total. The van der Waals surface area contributed by atoms with Crippen LogP contribution < -0.4 is 5.32 Å². The van der Waals surface area contributed by atoms with E-state index in [0.717, 1.165) is 19.3 Å². The van der Waals surface area contributed by atoms with Crippen molar-refractivity contribution in [3.05, 3.63) is 29.3 Å². The molecular formula is C14H17F2NO2S. The number of nitrogens with one attached hydrogen (secondary N) is 1. The van der Waals surface area contributed by atoms with Gasteiger partial charge in [-0.1, -0.05) is 6.42 Å². The van der Waals surface area contributed by atoms with Crippen molar-refractivity contribution in [2.24, 2.45) is 0 Å². The van der Waals surface area contributed by atoms with Crippen LogP contribution in [-0.2, 0) is 4.74 Å². The summed E-state index contributed by atoms with van der Waals surface area (Å²) in [6.07, 6.45) is 3.48. The number of methoxy groups -OCH3 is 1. The van der Waals surface area contributed by atoms with Crippen molar-refractivity contribution in [1.82, 2.24) is 0 Å². The Morgan fingerprint density at radius 2 is 2.20 bits per heavy atom. The predicted octanol–water partition coefficient (Wildman–Crippen LogP) is 3.45. The van der Waals surface area contributed by atoms with Crippen LogP contribution in [0.25, 0.3) is 0 Å². The number of thioether (sulfide) groups is 1. The van der Waals surface area contributed by atoms with Crippen molar-refractivity contribution in [2.75, 3.05) is 24.7 Å². The lowest BCUT2D eigenvalue weighted by atomic mass is 10.1. The molecule has 1 N–H and O–H groups in total. The maximum Gasteiger partial charge on any atom is 0.340 e. The lowest BCUT2D eigenvalue weighted by Crippen LogP contribution is -2.21. The summed E-state index contributed by atoms with van der Waals surface area (Å²) in [6, 6.07) is 2.61. The van der Waals surface area contributed by atoms with Gasteiger partial charge in [0.15, 0.2) is 11.6 Å². The van der Waals surface area contributed by atoms with Gasteiger partial charge in [-0.25, -0.2) is 13.6 Å². The van der Waals surface area contributed by atoms with E-state index in [1.54, 1.807) is 0 Å². The van der Waals surface area contributed by atoms with Crippen LogP contribution in [0.5, 0.6) is 0 Å². The lowest BCUT2D eigenvalue weighted by Gasteiger charge is -2.22. The summed E-state index contributed by atoms with van der Waals surface area (Å²) in [4.78, 5) is 11.3. The molecule has 1 aromatic rings. The molecule has 1 aliphatic heterocycles. The molecule has 1 atom stereocenters. The fourth-order valence-electron chi connectivity index (χ4n) is 2.15. The highest BCUT2D eigenvalue weighted by Crippen LogP contribution is 2.26. The third kappa shape index (κ3) is 3.42. The minimum absolute atomic E-state index is 0.0846. The van der Waals surface area contributed by atoms with E-state index in [4.69, 9.17) is 0 Å². The Morgan fingerprint density at radius 1 is 1.40 bits per heavy atom. The first kappa shape index (κ1) is 15.1. The number of halogens is 2. The second-order valence-electron chi connectivity index (χ2n) is 4.65. The fraction of sp³-hybridized carbons (Fsp3) is 0.500. The third-order valence-corrected chi connectivity index (χ3v) is 4.68. The molecule has 20 heavy (non-hydrogen) atoms. The SMILES string of the molecule is COC(=O)c1ccc(NCC2CCCCS2)c(F)c1F. The van der Waals surface area contributed by atoms with Crippen molar-refractivity contribution in [1.29, 1.82) is 0 Å². The molecule has 0 saturated carbocycles. The molecule has 0 amide bonds. The number of benzene rings is 1. The summed E-state index contributed by atoms with van der Waals surface area (Å²) in [7, 11) is 1.13. The summed E-state index contributed by atoms with van der Waals surface area (Å²) in [5.41, 5.74) is -0.302. The van der Waals surface area contributed by atoms with Gasteiger partial charge in [0, 0.05) is 11.8 Å². The van der Waals surface area contributed by atoms with E-state index in [0.29, 0.717) is 11.8 Å². The predicted molar refractivity (Wildman–Crippen MR) is 76.3 cm³/mol. The van der Waals surface area contributed by atoms with Gasteiger partial charge in [0.1, 0.15) is 0 Å². The summed E-state index contributed by atoms with van der Waals surface area (Å²) in [6.45, 7) is 0.596. The number of hydrogen-bond acceptors (Lipinski definition) is 4. The van der Waals surface area contributed by atoms with E-state index in [1.165, 1.54) is 25.0 Å². The average molecular weight is 301 g/mol. The first-order valence-electron chi connectivity index (χ1n) is 6.55. The molecule has 1 heterocycles. The first-order valence-corrected chi connectivity index (χ1v) is 7.60. The molecular weight excluding hydrogens is 284 g/mol. The normalized spacial score (nSPS) is 18.6. The molecule has 1 fully saturated rings. The zero-order valence-electron chi connectivity index (χ0n) is 11.2. The second-order valence-corrected chi connectivity index (χ2v) is 6.06. The molecule has 110 valence electrons. The van der Waals surface area contributed by atoms with Gasteiger partial charge < -0.3 is 10.1 Å². The molecule has 1 unspecified atom stereocenters. The van der Waals surface area contributed by atoms with E-state index in [9.17, 15) is 13.6 Å². The van der Waals surface area contributed by atoms with Crippen LogP contribution in [0, 0.1) is 11.6 Å². The van der Waals surface area contributed by atoms with Gasteiger partial charge in [-0.05, 0) is 30.7 Å². The maximum absolute atomic E-state index is 13.9. The first-order chi connectivity index (χ1) is 9.63. The Labute approximate surface area is 121 Å². The van der Waals surface area contributed by atoms with Crippen LogP contribution in [0.1, 0.15) is 29.6 Å². The molecule has 2 rings (SSSR count). The summed E-state index contributed by atoms with van der Waals surface area (Å²) in [5, 5.41) is 3.34. The fourth-order valence-corrected chi connectivity index (χ4v) is 3.38. The average Bonchev–Trinajstić information content (AvgIpc) is 2.49. The van der Waals surface area contributed by atoms with Crippen molar-refractivity contribution in [3.8, 4) is 0 Å². The molecule has 1 aromatic carbocycles. The molecule has 0 radical (unpaired) electrons. The Balaban J connectivity index is 2.05. The molecule has 0 aromatic heterocycles. The molecule has 0 aliphatic carbocycles. The van der Waals surface area contributed by atoms with Crippen LogP contribution in [-0.4, -0.2) is 30.6 Å². The number of carbonyl (C=O) groups is 1. The number of anilines is 1. The highest BCUT2D eigenvalue weighted by atomic mass is 32.2. The van der Waals surface area contributed by atoms with Crippen LogP contribution in [0.15, 0.2) is 12.1 Å². The van der Waals surface area contributed by atoms with Gasteiger partial charge in [-0.3, -0.25) is 0 Å². The Morgan fingerprint density at radius 3 is 2.85 bits per heavy atom. The largest absolute Gasteiger partial charge is 0.465 e. The zero-order chi connectivity index (χ0) is 14.5. The molecule has 0 bridgehead atoms. The molecule has 1 saturated heterocycles. The number of ether oxygens (including phenoxy) is 1. The van der Waals surface area contributed by atoms with Gasteiger partial charge in [0.2, 0.25) is 0 Å². The zero-order valence-corrected chi connectivity index (χ0v) is 12.1. The Kier molecular flexibility index (Phi) is 5.23. The van der Waals surface area contributed by atoms with Crippen LogP contribution in [0.3, 0.4) is 0 Å². The van der Waals surface area contributed by atoms with Crippen LogP contribution in [0.4, 0.5) is 14.5 Å². The standard InChI is InChI=1S/C14H17F2NO2S/c1-19-14(18)10-5-6-11(13(16)12(10)15)17-8-9-4-2-3-7-20-9/h5-6,9,17H,2-4,7-8H2,1H3. The number of carbonyl (C=O) groups excluding carboxylic acids is 1. The van der Waals surface area contributed by atoms with E-state index in [2.05, 4.69) is 10.1 Å². The highest BCUT2D eigenvalue weighted by Gasteiger charge is 2.20. The Hall–Kier alpha value is -1.30. The molecule has 1 aliphatic rings. The molecule has 6 heteroatoms. The van der Waals surface area contributed by atoms with E-state index < -0.39 is 17.6 Å². The van der Waals surface area contributed by atoms with Gasteiger partial charge in [-0.2, -0.15) is 11.8 Å². The van der Waals surface area contributed by atoms with Crippen molar-refractivity contribution in [3.63, 3.8) is 0 Å². The van der Waals surface area contributed by atoms with Gasteiger partial charge >= 0.3 is 5.97 Å². The van der Waals surface area contributed by atoms with Crippen LogP contribution >= 0.6 is 11.8 Å². The smallest absolute Gasteiger partial charge is 0.340 e. The second kappa shape index (κ2) is 6.92. The topological polar surface area (TPSA) is 38.3 Å². The quantitative estimate of drug-likeness (QED) is 0.865. The Bertz CT molecular complexity index is 490. The van der Waals surface area contributed by atoms with Gasteiger partial charge in [-0.15, -0.1) is 0 Å². The summed E-state index contributed by atoms with van der Waals surface area (Å²) < 4.78 is 32.0. The maximum atomic E-state index is 13.9. The lowest BCUT2D eigenvalue weighted by molar-refractivity contribution is 0.0594. The van der Waals surface area contributed by atoms with Crippen LogP contribution in [0.2, 0.25) is 0 Å². The number of rotatable bonds is 4. The molecule has 0 spiro atoms.